The van der Waals surface area contributed by atoms with Gasteiger partial charge >= 0.3 is 0 Å². The molecular weight excluding hydrogens is 260 g/mol. The second-order valence-corrected chi connectivity index (χ2v) is 5.08. The predicted octanol–water partition coefficient (Wildman–Crippen LogP) is 4.05. The number of hydrogen-bond acceptors (Lipinski definition) is 3. The number of pyridine rings is 1. The molecule has 21 heavy (non-hydrogen) atoms. The van der Waals surface area contributed by atoms with Crippen LogP contribution in [0.15, 0.2) is 54.7 Å². The van der Waals surface area contributed by atoms with Gasteiger partial charge in [-0.1, -0.05) is 35.9 Å². The lowest BCUT2D eigenvalue weighted by molar-refractivity contribution is 0.468. The average molecular weight is 278 g/mol. The minimum atomic E-state index is 0.648. The Morgan fingerprint density at radius 3 is 2.43 bits per heavy atom. The molecule has 0 bridgehead atoms. The molecule has 1 aromatic heterocycles. The summed E-state index contributed by atoms with van der Waals surface area (Å²) in [6, 6.07) is 16.2. The van der Waals surface area contributed by atoms with Gasteiger partial charge in [0.25, 0.3) is 0 Å². The van der Waals surface area contributed by atoms with Gasteiger partial charge < -0.3 is 10.1 Å². The summed E-state index contributed by atoms with van der Waals surface area (Å²) in [5, 5.41) is 5.37. The van der Waals surface area contributed by atoms with Crippen molar-refractivity contribution in [3.05, 3.63) is 65.9 Å². The number of rotatable bonds is 4. The zero-order chi connectivity index (χ0) is 14.7. The number of nitrogens with zero attached hydrogens (tertiary/aromatic N) is 1. The van der Waals surface area contributed by atoms with E-state index in [-0.39, 0.29) is 0 Å². The van der Waals surface area contributed by atoms with Crippen molar-refractivity contribution in [1.29, 1.82) is 0 Å². The quantitative estimate of drug-likeness (QED) is 0.781. The summed E-state index contributed by atoms with van der Waals surface area (Å²) < 4.78 is 5.95. The Labute approximate surface area is 124 Å². The van der Waals surface area contributed by atoms with Crippen LogP contribution in [0.3, 0.4) is 0 Å². The maximum Gasteiger partial charge on any atom is 0.227 e. The van der Waals surface area contributed by atoms with Crippen molar-refractivity contribution in [2.45, 2.75) is 13.5 Å². The van der Waals surface area contributed by atoms with Crippen LogP contribution in [0.4, 0.5) is 0 Å². The fourth-order valence-electron chi connectivity index (χ4n) is 2.36. The van der Waals surface area contributed by atoms with Crippen LogP contribution in [0, 0.1) is 6.92 Å². The molecule has 0 aliphatic heterocycles. The third-order valence-electron chi connectivity index (χ3n) is 3.44. The fourth-order valence-corrected chi connectivity index (χ4v) is 2.36. The maximum absolute atomic E-state index is 5.95. The Balaban J connectivity index is 2.03. The monoisotopic (exact) mass is 278 g/mol. The van der Waals surface area contributed by atoms with Gasteiger partial charge in [-0.3, -0.25) is 0 Å². The van der Waals surface area contributed by atoms with Gasteiger partial charge in [-0.05, 0) is 43.1 Å². The lowest BCUT2D eigenvalue weighted by Crippen LogP contribution is -2.06. The second kappa shape index (κ2) is 5.94. The van der Waals surface area contributed by atoms with E-state index in [2.05, 4.69) is 23.3 Å². The Kier molecular flexibility index (Phi) is 3.84. The van der Waals surface area contributed by atoms with Crippen LogP contribution in [0.2, 0.25) is 0 Å². The molecule has 0 saturated carbocycles. The molecular formula is C18H18N2O. The van der Waals surface area contributed by atoms with E-state index < -0.39 is 0 Å². The topological polar surface area (TPSA) is 34.2 Å². The molecule has 0 spiro atoms. The van der Waals surface area contributed by atoms with Gasteiger partial charge in [0.15, 0.2) is 0 Å². The van der Waals surface area contributed by atoms with Gasteiger partial charge in [-0.25, -0.2) is 4.98 Å². The van der Waals surface area contributed by atoms with Crippen LogP contribution < -0.4 is 10.1 Å². The summed E-state index contributed by atoms with van der Waals surface area (Å²) in [4.78, 5) is 4.48. The largest absolute Gasteiger partial charge is 0.438 e. The number of aromatic nitrogens is 1. The van der Waals surface area contributed by atoms with Gasteiger partial charge in [0.2, 0.25) is 5.88 Å². The van der Waals surface area contributed by atoms with E-state index in [0.717, 1.165) is 17.7 Å². The standard InChI is InChI=1S/C18H18N2O/c1-13-7-9-15(10-8-13)21-18-17-6-4-3-5-16(17)14(11-19-2)12-20-18/h3-10,12,19H,11H2,1-2H3. The number of hydrogen-bond donors (Lipinski definition) is 1. The highest BCUT2D eigenvalue weighted by Crippen LogP contribution is 2.29. The first-order chi connectivity index (χ1) is 10.3. The Hall–Kier alpha value is -2.39. The summed E-state index contributed by atoms with van der Waals surface area (Å²) in [5.74, 6) is 1.45. The first-order valence-corrected chi connectivity index (χ1v) is 7.03. The highest BCUT2D eigenvalue weighted by molar-refractivity contribution is 5.89. The average Bonchev–Trinajstić information content (AvgIpc) is 2.52. The lowest BCUT2D eigenvalue weighted by Gasteiger charge is -2.11. The summed E-state index contributed by atoms with van der Waals surface area (Å²) in [6.07, 6.45) is 1.88. The first kappa shape index (κ1) is 13.6. The summed E-state index contributed by atoms with van der Waals surface area (Å²) in [7, 11) is 1.94. The van der Waals surface area contributed by atoms with E-state index in [1.165, 1.54) is 16.5 Å². The molecule has 3 heteroatoms. The molecule has 0 aliphatic rings. The zero-order valence-corrected chi connectivity index (χ0v) is 12.3. The molecule has 0 atom stereocenters. The maximum atomic E-state index is 5.95. The highest BCUT2D eigenvalue weighted by Gasteiger charge is 2.08. The molecule has 3 aromatic rings. The van der Waals surface area contributed by atoms with Crippen molar-refractivity contribution >= 4 is 10.8 Å². The SMILES string of the molecule is CNCc1cnc(Oc2ccc(C)cc2)c2ccccc12. The van der Waals surface area contributed by atoms with Crippen molar-refractivity contribution in [2.75, 3.05) is 7.05 Å². The Morgan fingerprint density at radius 1 is 1.00 bits per heavy atom. The molecule has 2 aromatic carbocycles. The smallest absolute Gasteiger partial charge is 0.227 e. The molecule has 1 heterocycles. The third kappa shape index (κ3) is 2.88. The normalized spacial score (nSPS) is 10.8. The molecule has 0 radical (unpaired) electrons. The molecule has 3 nitrogen and oxygen atoms in total. The summed E-state index contributed by atoms with van der Waals surface area (Å²) >= 11 is 0. The van der Waals surface area contributed by atoms with E-state index in [1.807, 2.05) is 55.7 Å². The van der Waals surface area contributed by atoms with Gasteiger partial charge in [0.05, 0.1) is 0 Å². The Morgan fingerprint density at radius 2 is 1.71 bits per heavy atom. The molecule has 0 amide bonds. The van der Waals surface area contributed by atoms with Gasteiger partial charge in [0.1, 0.15) is 5.75 Å². The van der Waals surface area contributed by atoms with Gasteiger partial charge in [0, 0.05) is 18.1 Å². The minimum Gasteiger partial charge on any atom is -0.438 e. The second-order valence-electron chi connectivity index (χ2n) is 5.08. The van der Waals surface area contributed by atoms with Crippen LogP contribution >= 0.6 is 0 Å². The van der Waals surface area contributed by atoms with Crippen molar-refractivity contribution in [3.63, 3.8) is 0 Å². The number of nitrogens with one attached hydrogen (secondary N) is 1. The minimum absolute atomic E-state index is 0.648. The highest BCUT2D eigenvalue weighted by atomic mass is 16.5. The molecule has 0 saturated heterocycles. The molecule has 1 N–H and O–H groups in total. The van der Waals surface area contributed by atoms with Crippen LogP contribution in [0.25, 0.3) is 10.8 Å². The van der Waals surface area contributed by atoms with Crippen LogP contribution in [0.1, 0.15) is 11.1 Å². The van der Waals surface area contributed by atoms with E-state index in [4.69, 9.17) is 4.74 Å². The van der Waals surface area contributed by atoms with E-state index in [1.54, 1.807) is 0 Å². The first-order valence-electron chi connectivity index (χ1n) is 7.03. The number of aryl methyl sites for hydroxylation is 1. The van der Waals surface area contributed by atoms with Crippen molar-refractivity contribution in [3.8, 4) is 11.6 Å². The van der Waals surface area contributed by atoms with Crippen molar-refractivity contribution < 1.29 is 4.74 Å². The van der Waals surface area contributed by atoms with E-state index >= 15 is 0 Å². The lowest BCUT2D eigenvalue weighted by atomic mass is 10.1. The summed E-state index contributed by atoms with van der Waals surface area (Å²) in [5.41, 5.74) is 2.38. The van der Waals surface area contributed by atoms with E-state index in [9.17, 15) is 0 Å². The molecule has 3 rings (SSSR count). The predicted molar refractivity (Wildman–Crippen MR) is 85.8 cm³/mol. The van der Waals surface area contributed by atoms with Crippen molar-refractivity contribution in [1.82, 2.24) is 10.3 Å². The van der Waals surface area contributed by atoms with Crippen LogP contribution in [-0.2, 0) is 6.54 Å². The molecule has 0 fully saturated rings. The molecule has 0 unspecified atom stereocenters. The zero-order valence-electron chi connectivity index (χ0n) is 12.3. The van der Waals surface area contributed by atoms with Crippen LogP contribution in [0.5, 0.6) is 11.6 Å². The number of fused-ring (bicyclic) bond motifs is 1. The van der Waals surface area contributed by atoms with Crippen LogP contribution in [-0.4, -0.2) is 12.0 Å². The number of benzene rings is 2. The molecule has 0 aliphatic carbocycles. The Bertz CT molecular complexity index is 751. The van der Waals surface area contributed by atoms with E-state index in [0.29, 0.717) is 5.88 Å². The van der Waals surface area contributed by atoms with Gasteiger partial charge in [-0.15, -0.1) is 0 Å². The molecule has 106 valence electrons. The fraction of sp³-hybridized carbons (Fsp3) is 0.167. The van der Waals surface area contributed by atoms with Crippen molar-refractivity contribution in [2.24, 2.45) is 0 Å². The number of ether oxygens (including phenoxy) is 1. The summed E-state index contributed by atoms with van der Waals surface area (Å²) in [6.45, 7) is 2.85. The van der Waals surface area contributed by atoms with Gasteiger partial charge in [-0.2, -0.15) is 0 Å². The third-order valence-corrected chi connectivity index (χ3v) is 3.44.